The first-order valence-corrected chi connectivity index (χ1v) is 7.73. The number of hydrogen-bond donors (Lipinski definition) is 2. The topological polar surface area (TPSA) is 67.6 Å². The summed E-state index contributed by atoms with van der Waals surface area (Å²) in [6.45, 7) is 3.41. The largest absolute Gasteiger partial charge is 0.450 e. The van der Waals surface area contributed by atoms with E-state index in [9.17, 15) is 9.18 Å². The van der Waals surface area contributed by atoms with Gasteiger partial charge in [-0.2, -0.15) is 0 Å². The molecule has 1 amide bonds. The number of piperidine rings is 1. The van der Waals surface area contributed by atoms with Gasteiger partial charge in [0.05, 0.1) is 22.5 Å². The number of nitrogens with one attached hydrogen (secondary N) is 1. The lowest BCUT2D eigenvalue weighted by molar-refractivity contribution is 0.0983. The van der Waals surface area contributed by atoms with Crippen LogP contribution in [-0.2, 0) is 4.74 Å². The molecule has 0 aliphatic carbocycles. The first kappa shape index (κ1) is 15.9. The minimum Gasteiger partial charge on any atom is -0.450 e. The van der Waals surface area contributed by atoms with Crippen molar-refractivity contribution in [2.45, 2.75) is 25.8 Å². The Morgan fingerprint density at radius 3 is 2.81 bits per heavy atom. The van der Waals surface area contributed by atoms with E-state index in [-0.39, 0.29) is 18.0 Å². The average Bonchev–Trinajstić information content (AvgIpc) is 2.46. The number of carbonyl (C=O) groups excluding carboxylic acids is 1. The van der Waals surface area contributed by atoms with E-state index in [2.05, 4.69) is 21.2 Å². The molecule has 1 aliphatic heterocycles. The third kappa shape index (κ3) is 4.00. The molecule has 0 radical (unpaired) electrons. The summed E-state index contributed by atoms with van der Waals surface area (Å²) in [5, 5.41) is 3.24. The van der Waals surface area contributed by atoms with Gasteiger partial charge in [0.1, 0.15) is 5.82 Å². The van der Waals surface area contributed by atoms with Crippen molar-refractivity contribution in [3.8, 4) is 0 Å². The monoisotopic (exact) mass is 359 g/mol. The summed E-state index contributed by atoms with van der Waals surface area (Å²) in [7, 11) is 0. The lowest BCUT2D eigenvalue weighted by Gasteiger charge is -2.32. The van der Waals surface area contributed by atoms with Gasteiger partial charge in [-0.3, -0.25) is 0 Å². The lowest BCUT2D eigenvalue weighted by Crippen LogP contribution is -2.42. The van der Waals surface area contributed by atoms with E-state index in [0.29, 0.717) is 35.5 Å². The molecule has 1 aliphatic rings. The van der Waals surface area contributed by atoms with Crippen molar-refractivity contribution in [1.29, 1.82) is 0 Å². The second-order valence-electron chi connectivity index (χ2n) is 4.96. The molecule has 1 heterocycles. The van der Waals surface area contributed by atoms with Crippen LogP contribution in [0.25, 0.3) is 0 Å². The van der Waals surface area contributed by atoms with Crippen LogP contribution in [0.15, 0.2) is 16.6 Å². The van der Waals surface area contributed by atoms with Gasteiger partial charge in [0, 0.05) is 25.2 Å². The molecule has 1 fully saturated rings. The fourth-order valence-electron chi connectivity index (χ4n) is 2.33. The molecule has 1 aromatic carbocycles. The SMILES string of the molecule is CCOC(=O)N1CCC(Nc2cc(F)c(Br)cc2N)CC1. The second kappa shape index (κ2) is 6.98. The van der Waals surface area contributed by atoms with Gasteiger partial charge in [-0.15, -0.1) is 0 Å². The zero-order chi connectivity index (χ0) is 15.4. The number of anilines is 2. The van der Waals surface area contributed by atoms with Crippen molar-refractivity contribution in [2.75, 3.05) is 30.7 Å². The zero-order valence-corrected chi connectivity index (χ0v) is 13.5. The molecule has 0 atom stereocenters. The minimum absolute atomic E-state index is 0.165. The number of nitrogen functional groups attached to an aromatic ring is 1. The van der Waals surface area contributed by atoms with Crippen LogP contribution in [0.2, 0.25) is 0 Å². The standard InChI is InChI=1S/C14H19BrFN3O2/c1-2-21-14(20)19-5-3-9(4-6-19)18-13-8-11(16)10(15)7-12(13)17/h7-9,18H,2-6,17H2,1H3. The van der Waals surface area contributed by atoms with E-state index in [1.807, 2.05) is 0 Å². The Labute approximate surface area is 131 Å². The van der Waals surface area contributed by atoms with Crippen LogP contribution in [-0.4, -0.2) is 36.7 Å². The molecule has 2 rings (SSSR count). The number of halogens is 2. The Balaban J connectivity index is 1.92. The Bertz CT molecular complexity index is 519. The van der Waals surface area contributed by atoms with Crippen LogP contribution in [0.1, 0.15) is 19.8 Å². The number of nitrogens with two attached hydrogens (primary N) is 1. The highest BCUT2D eigenvalue weighted by atomic mass is 79.9. The number of carbonyl (C=O) groups is 1. The quantitative estimate of drug-likeness (QED) is 0.813. The van der Waals surface area contributed by atoms with Crippen LogP contribution >= 0.6 is 15.9 Å². The van der Waals surface area contributed by atoms with Gasteiger partial charge in [-0.25, -0.2) is 9.18 Å². The van der Waals surface area contributed by atoms with Crippen LogP contribution in [0, 0.1) is 5.82 Å². The predicted molar refractivity (Wildman–Crippen MR) is 83.8 cm³/mol. The molecule has 116 valence electrons. The van der Waals surface area contributed by atoms with E-state index in [1.165, 1.54) is 6.07 Å². The maximum Gasteiger partial charge on any atom is 0.409 e. The van der Waals surface area contributed by atoms with Gasteiger partial charge in [-0.1, -0.05) is 0 Å². The molecule has 0 saturated carbocycles. The van der Waals surface area contributed by atoms with E-state index < -0.39 is 0 Å². The van der Waals surface area contributed by atoms with Crippen molar-refractivity contribution < 1.29 is 13.9 Å². The molecule has 0 unspecified atom stereocenters. The van der Waals surface area contributed by atoms with E-state index in [4.69, 9.17) is 10.5 Å². The van der Waals surface area contributed by atoms with Crippen LogP contribution in [0.3, 0.4) is 0 Å². The van der Waals surface area contributed by atoms with Crippen molar-refractivity contribution in [3.63, 3.8) is 0 Å². The molecule has 7 heteroatoms. The maximum absolute atomic E-state index is 13.6. The summed E-state index contributed by atoms with van der Waals surface area (Å²) in [5.74, 6) is -0.351. The molecular weight excluding hydrogens is 341 g/mol. The number of hydrogen-bond acceptors (Lipinski definition) is 4. The summed E-state index contributed by atoms with van der Waals surface area (Å²) < 4.78 is 18.9. The summed E-state index contributed by atoms with van der Waals surface area (Å²) in [6.07, 6.45) is 1.27. The maximum atomic E-state index is 13.6. The molecule has 3 N–H and O–H groups in total. The highest BCUT2D eigenvalue weighted by molar-refractivity contribution is 9.10. The summed E-state index contributed by atoms with van der Waals surface area (Å²) >= 11 is 3.10. The minimum atomic E-state index is -0.351. The Morgan fingerprint density at radius 1 is 1.52 bits per heavy atom. The number of nitrogens with zero attached hydrogens (tertiary/aromatic N) is 1. The van der Waals surface area contributed by atoms with Gasteiger partial charge in [-0.05, 0) is 41.8 Å². The summed E-state index contributed by atoms with van der Waals surface area (Å²) in [6, 6.07) is 3.10. The number of amides is 1. The van der Waals surface area contributed by atoms with Crippen LogP contribution in [0.5, 0.6) is 0 Å². The molecule has 5 nitrogen and oxygen atoms in total. The van der Waals surface area contributed by atoms with Crippen molar-refractivity contribution in [3.05, 3.63) is 22.4 Å². The van der Waals surface area contributed by atoms with Crippen molar-refractivity contribution >= 4 is 33.4 Å². The van der Waals surface area contributed by atoms with Gasteiger partial charge < -0.3 is 20.7 Å². The number of rotatable bonds is 3. The molecule has 1 aromatic rings. The molecule has 0 bridgehead atoms. The van der Waals surface area contributed by atoms with E-state index >= 15 is 0 Å². The Kier molecular flexibility index (Phi) is 5.27. The average molecular weight is 360 g/mol. The second-order valence-corrected chi connectivity index (χ2v) is 5.81. The highest BCUT2D eigenvalue weighted by Gasteiger charge is 2.24. The van der Waals surface area contributed by atoms with Gasteiger partial charge >= 0.3 is 6.09 Å². The third-order valence-corrected chi connectivity index (χ3v) is 4.08. The Morgan fingerprint density at radius 2 is 2.19 bits per heavy atom. The lowest BCUT2D eigenvalue weighted by atomic mass is 10.0. The van der Waals surface area contributed by atoms with Gasteiger partial charge in [0.15, 0.2) is 0 Å². The van der Waals surface area contributed by atoms with Crippen molar-refractivity contribution in [1.82, 2.24) is 4.90 Å². The zero-order valence-electron chi connectivity index (χ0n) is 11.9. The molecule has 0 spiro atoms. The summed E-state index contributed by atoms with van der Waals surface area (Å²) in [4.78, 5) is 13.3. The highest BCUT2D eigenvalue weighted by Crippen LogP contribution is 2.28. The summed E-state index contributed by atoms with van der Waals surface area (Å²) in [5.41, 5.74) is 6.96. The predicted octanol–water partition coefficient (Wildman–Crippen LogP) is 3.20. The molecule has 0 aromatic heterocycles. The molecule has 21 heavy (non-hydrogen) atoms. The van der Waals surface area contributed by atoms with E-state index in [1.54, 1.807) is 17.9 Å². The van der Waals surface area contributed by atoms with Crippen LogP contribution in [0.4, 0.5) is 20.6 Å². The van der Waals surface area contributed by atoms with Gasteiger partial charge in [0.2, 0.25) is 0 Å². The first-order valence-electron chi connectivity index (χ1n) is 6.94. The van der Waals surface area contributed by atoms with Crippen molar-refractivity contribution in [2.24, 2.45) is 0 Å². The Hall–Kier alpha value is -1.50. The first-order chi connectivity index (χ1) is 10.0. The molecule has 1 saturated heterocycles. The number of benzene rings is 1. The van der Waals surface area contributed by atoms with E-state index in [0.717, 1.165) is 12.8 Å². The van der Waals surface area contributed by atoms with Crippen LogP contribution < -0.4 is 11.1 Å². The third-order valence-electron chi connectivity index (χ3n) is 3.47. The number of likely N-dealkylation sites (tertiary alicyclic amines) is 1. The fraction of sp³-hybridized carbons (Fsp3) is 0.500. The normalized spacial score (nSPS) is 15.9. The smallest absolute Gasteiger partial charge is 0.409 e. The van der Waals surface area contributed by atoms with Gasteiger partial charge in [0.25, 0.3) is 0 Å². The molecular formula is C14H19BrFN3O2. The number of ether oxygens (including phenoxy) is 1. The fourth-order valence-corrected chi connectivity index (χ4v) is 2.69.